The average molecular weight is 423 g/mol. The highest BCUT2D eigenvalue weighted by atomic mass is 79.9. The van der Waals surface area contributed by atoms with Crippen LogP contribution in [-0.4, -0.2) is 23.1 Å². The smallest absolute Gasteiger partial charge is 0.410 e. The topological polar surface area (TPSA) is 29.5 Å². The lowest BCUT2D eigenvalue weighted by Gasteiger charge is -2.36. The third-order valence-corrected chi connectivity index (χ3v) is 4.91. The van der Waals surface area contributed by atoms with E-state index in [9.17, 15) is 4.79 Å². The van der Waals surface area contributed by atoms with Crippen LogP contribution in [0.1, 0.15) is 43.4 Å². The van der Waals surface area contributed by atoms with Gasteiger partial charge in [-0.15, -0.1) is 0 Å². The van der Waals surface area contributed by atoms with Crippen molar-refractivity contribution in [2.75, 3.05) is 6.54 Å². The molecule has 3 rings (SSSR count). The average Bonchev–Trinajstić information content (AvgIpc) is 2.52. The maximum absolute atomic E-state index is 12.6. The van der Waals surface area contributed by atoms with E-state index in [0.717, 1.165) is 15.6 Å². The zero-order chi connectivity index (χ0) is 18.2. The number of carbonyl (C=O) groups is 1. The van der Waals surface area contributed by atoms with Gasteiger partial charge < -0.3 is 9.64 Å². The van der Waals surface area contributed by atoms with Crippen LogP contribution in [0.3, 0.4) is 0 Å². The van der Waals surface area contributed by atoms with Gasteiger partial charge in [0.2, 0.25) is 0 Å². The van der Waals surface area contributed by atoms with Crippen molar-refractivity contribution in [2.45, 2.75) is 38.8 Å². The van der Waals surface area contributed by atoms with Gasteiger partial charge >= 0.3 is 6.09 Å². The molecule has 0 saturated carbocycles. The number of carbonyl (C=O) groups excluding carboxylic acids is 1. The molecule has 0 saturated heterocycles. The van der Waals surface area contributed by atoms with Crippen molar-refractivity contribution in [3.8, 4) is 0 Å². The Labute approximate surface area is 162 Å². The predicted octanol–water partition coefficient (Wildman–Crippen LogP) is 5.99. The predicted molar refractivity (Wildman–Crippen MR) is 104 cm³/mol. The van der Waals surface area contributed by atoms with E-state index in [2.05, 4.69) is 28.1 Å². The van der Waals surface area contributed by atoms with Crippen molar-refractivity contribution in [1.29, 1.82) is 0 Å². The molecule has 0 aromatic heterocycles. The number of fused-ring (bicyclic) bond motifs is 1. The molecule has 132 valence electrons. The molecule has 1 heterocycles. The number of nitrogens with zero attached hydrogens (tertiary/aromatic N) is 1. The monoisotopic (exact) mass is 421 g/mol. The van der Waals surface area contributed by atoms with E-state index in [1.54, 1.807) is 4.90 Å². The second-order valence-electron chi connectivity index (χ2n) is 7.31. The van der Waals surface area contributed by atoms with E-state index < -0.39 is 5.60 Å². The van der Waals surface area contributed by atoms with Crippen molar-refractivity contribution in [3.63, 3.8) is 0 Å². The fourth-order valence-corrected chi connectivity index (χ4v) is 3.62. The van der Waals surface area contributed by atoms with Gasteiger partial charge in [0.05, 0.1) is 0 Å². The van der Waals surface area contributed by atoms with Gasteiger partial charge in [-0.25, -0.2) is 4.79 Å². The van der Waals surface area contributed by atoms with E-state index in [1.165, 1.54) is 5.56 Å². The first-order chi connectivity index (χ1) is 11.7. The van der Waals surface area contributed by atoms with Gasteiger partial charge in [0.1, 0.15) is 5.60 Å². The first-order valence-electron chi connectivity index (χ1n) is 8.24. The van der Waals surface area contributed by atoms with Crippen molar-refractivity contribution in [2.24, 2.45) is 0 Å². The van der Waals surface area contributed by atoms with Crippen LogP contribution < -0.4 is 0 Å². The van der Waals surface area contributed by atoms with E-state index in [1.807, 2.05) is 51.1 Å². The van der Waals surface area contributed by atoms with Crippen molar-refractivity contribution >= 4 is 33.6 Å². The Morgan fingerprint density at radius 3 is 2.52 bits per heavy atom. The SMILES string of the molecule is CC(C)(C)OC(=O)N1Cc2cc(Br)ccc2C(c2ccc(Cl)cc2)C1. The fraction of sp³-hybridized carbons (Fsp3) is 0.350. The summed E-state index contributed by atoms with van der Waals surface area (Å²) in [6.07, 6.45) is -0.280. The lowest BCUT2D eigenvalue weighted by molar-refractivity contribution is 0.0213. The highest BCUT2D eigenvalue weighted by molar-refractivity contribution is 9.10. The summed E-state index contributed by atoms with van der Waals surface area (Å²) in [5.74, 6) is 0.0987. The number of ether oxygens (including phenoxy) is 1. The maximum Gasteiger partial charge on any atom is 0.410 e. The van der Waals surface area contributed by atoms with Crippen LogP contribution >= 0.6 is 27.5 Å². The Kier molecular flexibility index (Phi) is 5.12. The molecule has 1 aliphatic rings. The minimum atomic E-state index is -0.510. The molecule has 0 spiro atoms. The molecule has 1 amide bonds. The third-order valence-electron chi connectivity index (χ3n) is 4.17. The summed E-state index contributed by atoms with van der Waals surface area (Å²) in [4.78, 5) is 14.4. The zero-order valence-electron chi connectivity index (χ0n) is 14.6. The van der Waals surface area contributed by atoms with Gasteiger partial charge in [0.25, 0.3) is 0 Å². The van der Waals surface area contributed by atoms with Crippen molar-refractivity contribution < 1.29 is 9.53 Å². The summed E-state index contributed by atoms with van der Waals surface area (Å²) in [6, 6.07) is 14.1. The van der Waals surface area contributed by atoms with Gasteiger partial charge in [-0.05, 0) is 61.7 Å². The third kappa shape index (κ3) is 4.36. The van der Waals surface area contributed by atoms with E-state index in [4.69, 9.17) is 16.3 Å². The molecule has 2 aromatic carbocycles. The molecule has 0 fully saturated rings. The molecule has 0 N–H and O–H groups in total. The summed E-state index contributed by atoms with van der Waals surface area (Å²) in [5.41, 5.74) is 3.00. The fourth-order valence-electron chi connectivity index (χ4n) is 3.09. The molecule has 0 bridgehead atoms. The van der Waals surface area contributed by atoms with Crippen LogP contribution in [0.5, 0.6) is 0 Å². The largest absolute Gasteiger partial charge is 0.444 e. The molecule has 1 atom stereocenters. The summed E-state index contributed by atoms with van der Waals surface area (Å²) in [6.45, 7) is 6.79. The first kappa shape index (κ1) is 18.3. The van der Waals surface area contributed by atoms with Gasteiger partial charge in [-0.3, -0.25) is 0 Å². The first-order valence-corrected chi connectivity index (χ1v) is 9.42. The Balaban J connectivity index is 1.96. The van der Waals surface area contributed by atoms with Crippen LogP contribution in [-0.2, 0) is 11.3 Å². The van der Waals surface area contributed by atoms with E-state index in [-0.39, 0.29) is 12.0 Å². The summed E-state index contributed by atoms with van der Waals surface area (Å²) < 4.78 is 6.59. The molecule has 2 aromatic rings. The lowest BCUT2D eigenvalue weighted by Crippen LogP contribution is -2.41. The molecule has 0 aliphatic carbocycles. The Morgan fingerprint density at radius 2 is 1.88 bits per heavy atom. The second-order valence-corrected chi connectivity index (χ2v) is 8.66. The van der Waals surface area contributed by atoms with Crippen LogP contribution in [0, 0.1) is 0 Å². The summed E-state index contributed by atoms with van der Waals surface area (Å²) in [7, 11) is 0. The van der Waals surface area contributed by atoms with Gasteiger partial charge in [0.15, 0.2) is 0 Å². The van der Waals surface area contributed by atoms with Crippen LogP contribution in [0.15, 0.2) is 46.9 Å². The highest BCUT2D eigenvalue weighted by Gasteiger charge is 2.31. The summed E-state index contributed by atoms with van der Waals surface area (Å²) >= 11 is 9.56. The van der Waals surface area contributed by atoms with Crippen molar-refractivity contribution in [1.82, 2.24) is 4.90 Å². The number of hydrogen-bond acceptors (Lipinski definition) is 2. The molecule has 0 radical (unpaired) electrons. The number of rotatable bonds is 1. The minimum absolute atomic E-state index is 0.0987. The maximum atomic E-state index is 12.6. The normalized spacial score (nSPS) is 17.2. The standard InChI is InChI=1S/C20H21BrClNO2/c1-20(2,3)25-19(24)23-11-14-10-15(21)6-9-17(14)18(12-23)13-4-7-16(22)8-5-13/h4-10,18H,11-12H2,1-3H3. The van der Waals surface area contributed by atoms with Crippen LogP contribution in [0.25, 0.3) is 0 Å². The second kappa shape index (κ2) is 7.00. The number of halogens is 2. The van der Waals surface area contributed by atoms with Crippen LogP contribution in [0.4, 0.5) is 4.79 Å². The van der Waals surface area contributed by atoms with Gasteiger partial charge in [0, 0.05) is 28.5 Å². The number of amides is 1. The molecule has 3 nitrogen and oxygen atoms in total. The molecular weight excluding hydrogens is 402 g/mol. The molecule has 5 heteroatoms. The Hall–Kier alpha value is -1.52. The van der Waals surface area contributed by atoms with Gasteiger partial charge in [-0.2, -0.15) is 0 Å². The van der Waals surface area contributed by atoms with Crippen LogP contribution in [0.2, 0.25) is 5.02 Å². The molecular formula is C20H21BrClNO2. The molecule has 25 heavy (non-hydrogen) atoms. The minimum Gasteiger partial charge on any atom is -0.444 e. The molecule has 1 unspecified atom stereocenters. The quantitative estimate of drug-likeness (QED) is 0.565. The lowest BCUT2D eigenvalue weighted by atomic mass is 9.85. The zero-order valence-corrected chi connectivity index (χ0v) is 16.9. The van der Waals surface area contributed by atoms with E-state index >= 15 is 0 Å². The number of benzene rings is 2. The Bertz CT molecular complexity index is 783. The van der Waals surface area contributed by atoms with E-state index in [0.29, 0.717) is 18.1 Å². The Morgan fingerprint density at radius 1 is 1.20 bits per heavy atom. The summed E-state index contributed by atoms with van der Waals surface area (Å²) in [5, 5.41) is 0.708. The number of hydrogen-bond donors (Lipinski definition) is 0. The molecule has 1 aliphatic heterocycles. The van der Waals surface area contributed by atoms with Gasteiger partial charge in [-0.1, -0.05) is 45.7 Å². The highest BCUT2D eigenvalue weighted by Crippen LogP contribution is 2.36. The van der Waals surface area contributed by atoms with Crippen molar-refractivity contribution in [3.05, 3.63) is 68.7 Å².